The van der Waals surface area contributed by atoms with E-state index in [0.717, 1.165) is 11.1 Å². The largest absolute Gasteiger partial charge is 0.370 e. The fourth-order valence-electron chi connectivity index (χ4n) is 2.14. The first-order valence-electron chi connectivity index (χ1n) is 5.71. The van der Waals surface area contributed by atoms with Gasteiger partial charge >= 0.3 is 0 Å². The van der Waals surface area contributed by atoms with Crippen LogP contribution in [0.4, 0.5) is 5.69 Å². The number of rotatable bonds is 1. The topological polar surface area (TPSA) is 29.5 Å². The quantitative estimate of drug-likeness (QED) is 0.747. The van der Waals surface area contributed by atoms with Crippen molar-refractivity contribution >= 4 is 22.4 Å². The van der Waals surface area contributed by atoms with Gasteiger partial charge in [0.25, 0.3) is 5.91 Å². The van der Waals surface area contributed by atoms with Gasteiger partial charge in [0.15, 0.2) is 0 Å². The molecule has 0 N–H and O–H groups in total. The van der Waals surface area contributed by atoms with Crippen LogP contribution in [0.2, 0.25) is 0 Å². The lowest BCUT2D eigenvalue weighted by molar-refractivity contribution is -0.125. The van der Waals surface area contributed by atoms with Crippen LogP contribution in [-0.2, 0) is 9.53 Å². The van der Waals surface area contributed by atoms with Crippen LogP contribution in [-0.4, -0.2) is 25.7 Å². The summed E-state index contributed by atoms with van der Waals surface area (Å²) in [5, 5.41) is 2.35. The van der Waals surface area contributed by atoms with E-state index in [1.54, 1.807) is 4.90 Å². The van der Waals surface area contributed by atoms with Crippen molar-refractivity contribution in [2.45, 2.75) is 0 Å². The van der Waals surface area contributed by atoms with Gasteiger partial charge < -0.3 is 9.64 Å². The molecule has 0 radical (unpaired) electrons. The second-order valence-corrected chi connectivity index (χ2v) is 4.13. The van der Waals surface area contributed by atoms with Crippen molar-refractivity contribution in [3.63, 3.8) is 0 Å². The summed E-state index contributed by atoms with van der Waals surface area (Å²) in [5.41, 5.74) is 0.956. The Balaban J connectivity index is 2.02. The highest BCUT2D eigenvalue weighted by atomic mass is 16.5. The van der Waals surface area contributed by atoms with Crippen LogP contribution in [0, 0.1) is 0 Å². The number of hydrogen-bond donors (Lipinski definition) is 0. The zero-order chi connectivity index (χ0) is 11.7. The van der Waals surface area contributed by atoms with Crippen molar-refractivity contribution in [1.82, 2.24) is 0 Å². The highest BCUT2D eigenvalue weighted by Crippen LogP contribution is 2.23. The van der Waals surface area contributed by atoms with E-state index in [9.17, 15) is 4.79 Å². The lowest BCUT2D eigenvalue weighted by Crippen LogP contribution is -2.41. The summed E-state index contributed by atoms with van der Waals surface area (Å²) in [4.78, 5) is 13.5. The summed E-state index contributed by atoms with van der Waals surface area (Å²) in [6.45, 7) is 1.43. The van der Waals surface area contributed by atoms with Crippen LogP contribution < -0.4 is 4.90 Å². The summed E-state index contributed by atoms with van der Waals surface area (Å²) in [6, 6.07) is 14.2. The number of amides is 1. The molecule has 2 aromatic carbocycles. The number of nitrogens with zero attached hydrogens (tertiary/aromatic N) is 1. The number of carbonyl (C=O) groups is 1. The van der Waals surface area contributed by atoms with Crippen LogP contribution in [0.1, 0.15) is 0 Å². The van der Waals surface area contributed by atoms with E-state index in [2.05, 4.69) is 18.2 Å². The summed E-state index contributed by atoms with van der Waals surface area (Å²) in [7, 11) is 0. The summed E-state index contributed by atoms with van der Waals surface area (Å²) >= 11 is 0. The van der Waals surface area contributed by atoms with Gasteiger partial charge in [-0.2, -0.15) is 0 Å². The monoisotopic (exact) mass is 227 g/mol. The van der Waals surface area contributed by atoms with E-state index in [1.165, 1.54) is 5.39 Å². The summed E-state index contributed by atoms with van der Waals surface area (Å²) < 4.78 is 5.13. The highest BCUT2D eigenvalue weighted by Gasteiger charge is 2.19. The zero-order valence-electron chi connectivity index (χ0n) is 9.43. The predicted molar refractivity (Wildman–Crippen MR) is 67.1 cm³/mol. The predicted octanol–water partition coefficient (Wildman–Crippen LogP) is 2.20. The fourth-order valence-corrected chi connectivity index (χ4v) is 2.14. The lowest BCUT2D eigenvalue weighted by Gasteiger charge is -2.27. The second kappa shape index (κ2) is 4.18. The molecule has 1 aliphatic heterocycles. The number of hydrogen-bond acceptors (Lipinski definition) is 2. The number of benzene rings is 2. The molecule has 0 bridgehead atoms. The van der Waals surface area contributed by atoms with Gasteiger partial charge in [-0.15, -0.1) is 0 Å². The summed E-state index contributed by atoms with van der Waals surface area (Å²) in [6.07, 6.45) is 0. The van der Waals surface area contributed by atoms with Gasteiger partial charge in [0, 0.05) is 12.2 Å². The Labute approximate surface area is 99.6 Å². The molecule has 2 aromatic rings. The van der Waals surface area contributed by atoms with Crippen molar-refractivity contribution in [3.05, 3.63) is 42.5 Å². The smallest absolute Gasteiger partial charge is 0.253 e. The molecule has 3 nitrogen and oxygen atoms in total. The Morgan fingerprint density at radius 1 is 1.06 bits per heavy atom. The van der Waals surface area contributed by atoms with Gasteiger partial charge in [0.05, 0.1) is 6.61 Å². The van der Waals surface area contributed by atoms with Gasteiger partial charge in [0.1, 0.15) is 6.61 Å². The number of fused-ring (bicyclic) bond motifs is 1. The molecule has 0 saturated carbocycles. The number of carbonyl (C=O) groups excluding carboxylic acids is 1. The molecule has 1 saturated heterocycles. The molecule has 0 aliphatic carbocycles. The normalized spacial score (nSPS) is 16.5. The minimum Gasteiger partial charge on any atom is -0.370 e. The molecule has 86 valence electrons. The van der Waals surface area contributed by atoms with E-state index >= 15 is 0 Å². The molecule has 17 heavy (non-hydrogen) atoms. The van der Waals surface area contributed by atoms with E-state index in [0.29, 0.717) is 13.2 Å². The maximum atomic E-state index is 11.7. The first kappa shape index (κ1) is 10.3. The Morgan fingerprint density at radius 2 is 1.88 bits per heavy atom. The van der Waals surface area contributed by atoms with Crippen LogP contribution >= 0.6 is 0 Å². The Hall–Kier alpha value is -1.87. The fraction of sp³-hybridized carbons (Fsp3) is 0.214. The number of morpholine rings is 1. The van der Waals surface area contributed by atoms with Gasteiger partial charge in [0.2, 0.25) is 0 Å². The molecular formula is C14H13NO2. The third-order valence-corrected chi connectivity index (χ3v) is 3.03. The average molecular weight is 227 g/mol. The highest BCUT2D eigenvalue weighted by molar-refractivity contribution is 5.97. The van der Waals surface area contributed by atoms with Gasteiger partial charge in [-0.05, 0) is 22.9 Å². The van der Waals surface area contributed by atoms with Gasteiger partial charge in [-0.25, -0.2) is 0 Å². The molecule has 0 spiro atoms. The molecule has 0 atom stereocenters. The standard InChI is InChI=1S/C14H13NO2/c16-14-10-17-8-7-15(14)13-6-5-11-3-1-2-4-12(11)9-13/h1-6,9H,7-8,10H2. The van der Waals surface area contributed by atoms with Crippen LogP contribution in [0.15, 0.2) is 42.5 Å². The van der Waals surface area contributed by atoms with Crippen molar-refractivity contribution in [3.8, 4) is 0 Å². The van der Waals surface area contributed by atoms with Crippen LogP contribution in [0.5, 0.6) is 0 Å². The molecule has 1 fully saturated rings. The number of anilines is 1. The SMILES string of the molecule is O=C1COCCN1c1ccc2ccccc2c1. The van der Waals surface area contributed by atoms with E-state index < -0.39 is 0 Å². The lowest BCUT2D eigenvalue weighted by atomic mass is 10.1. The average Bonchev–Trinajstić information content (AvgIpc) is 2.39. The first-order valence-corrected chi connectivity index (χ1v) is 5.71. The second-order valence-electron chi connectivity index (χ2n) is 4.13. The molecule has 1 aliphatic rings. The van der Waals surface area contributed by atoms with E-state index in [1.807, 2.05) is 24.3 Å². The Morgan fingerprint density at radius 3 is 2.71 bits per heavy atom. The molecule has 0 unspecified atom stereocenters. The first-order chi connectivity index (χ1) is 8.34. The number of ether oxygens (including phenoxy) is 1. The Kier molecular flexibility index (Phi) is 2.53. The van der Waals surface area contributed by atoms with E-state index in [4.69, 9.17) is 4.74 Å². The van der Waals surface area contributed by atoms with Crippen molar-refractivity contribution < 1.29 is 9.53 Å². The van der Waals surface area contributed by atoms with E-state index in [-0.39, 0.29) is 12.5 Å². The molecule has 0 aromatic heterocycles. The summed E-state index contributed by atoms with van der Waals surface area (Å²) in [5.74, 6) is 0.0338. The maximum absolute atomic E-state index is 11.7. The third-order valence-electron chi connectivity index (χ3n) is 3.03. The van der Waals surface area contributed by atoms with Crippen molar-refractivity contribution in [1.29, 1.82) is 0 Å². The molecule has 1 heterocycles. The van der Waals surface area contributed by atoms with Crippen LogP contribution in [0.25, 0.3) is 10.8 Å². The Bertz CT molecular complexity index is 565. The van der Waals surface area contributed by atoms with Crippen LogP contribution in [0.3, 0.4) is 0 Å². The third kappa shape index (κ3) is 1.89. The molecule has 3 rings (SSSR count). The minimum absolute atomic E-state index is 0.0338. The molecule has 1 amide bonds. The van der Waals surface area contributed by atoms with Gasteiger partial charge in [-0.3, -0.25) is 4.79 Å². The minimum atomic E-state index is 0.0338. The molecular weight excluding hydrogens is 214 g/mol. The molecule has 3 heteroatoms. The maximum Gasteiger partial charge on any atom is 0.253 e. The van der Waals surface area contributed by atoms with Gasteiger partial charge in [-0.1, -0.05) is 30.3 Å². The van der Waals surface area contributed by atoms with Crippen molar-refractivity contribution in [2.75, 3.05) is 24.7 Å². The van der Waals surface area contributed by atoms with Crippen molar-refractivity contribution in [2.24, 2.45) is 0 Å². The zero-order valence-corrected chi connectivity index (χ0v) is 9.43.